The number of benzene rings is 2. The number of hydrogen-bond acceptors (Lipinski definition) is 4. The predicted molar refractivity (Wildman–Crippen MR) is 101 cm³/mol. The second-order valence-corrected chi connectivity index (χ2v) is 7.13. The largest absolute Gasteiger partial charge is 0.478 e. The van der Waals surface area contributed by atoms with Crippen LogP contribution in [0.1, 0.15) is 26.5 Å². The SMILES string of the molecule is O=C(O)c1ccc(-c2ccc(/C=C3\Sc4ccccc4C3=O)o2)cc1Cl. The molecule has 4 rings (SSSR count). The normalized spacial score (nSPS) is 14.7. The number of carbonyl (C=O) groups is 2. The average molecular weight is 383 g/mol. The summed E-state index contributed by atoms with van der Waals surface area (Å²) < 4.78 is 5.79. The summed E-state index contributed by atoms with van der Waals surface area (Å²) in [6.45, 7) is 0. The molecule has 0 amide bonds. The second-order valence-electron chi connectivity index (χ2n) is 5.64. The van der Waals surface area contributed by atoms with Gasteiger partial charge in [-0.15, -0.1) is 0 Å². The highest BCUT2D eigenvalue weighted by atomic mass is 35.5. The number of carboxylic acids is 1. The first kappa shape index (κ1) is 16.7. The molecular formula is C20H11ClO4S. The van der Waals surface area contributed by atoms with Crippen molar-refractivity contribution in [3.8, 4) is 11.3 Å². The van der Waals surface area contributed by atoms with E-state index in [-0.39, 0.29) is 16.4 Å². The van der Waals surface area contributed by atoms with Crippen molar-refractivity contribution < 1.29 is 19.1 Å². The first-order valence-electron chi connectivity index (χ1n) is 7.69. The highest BCUT2D eigenvalue weighted by Crippen LogP contribution is 2.41. The summed E-state index contributed by atoms with van der Waals surface area (Å²) in [5, 5.41) is 9.18. The average Bonchev–Trinajstić information content (AvgIpc) is 3.20. The molecular weight excluding hydrogens is 372 g/mol. The summed E-state index contributed by atoms with van der Waals surface area (Å²) >= 11 is 7.42. The van der Waals surface area contributed by atoms with Gasteiger partial charge >= 0.3 is 5.97 Å². The van der Waals surface area contributed by atoms with Gasteiger partial charge in [0.15, 0.2) is 0 Å². The summed E-state index contributed by atoms with van der Waals surface area (Å²) in [4.78, 5) is 25.0. The number of ketones is 1. The molecule has 6 heteroatoms. The van der Waals surface area contributed by atoms with Crippen molar-refractivity contribution in [3.63, 3.8) is 0 Å². The molecule has 26 heavy (non-hydrogen) atoms. The van der Waals surface area contributed by atoms with Crippen LogP contribution in [-0.4, -0.2) is 16.9 Å². The van der Waals surface area contributed by atoms with Crippen LogP contribution in [0.15, 0.2) is 68.8 Å². The maximum absolute atomic E-state index is 12.4. The van der Waals surface area contributed by atoms with Gasteiger partial charge in [-0.25, -0.2) is 4.79 Å². The van der Waals surface area contributed by atoms with E-state index >= 15 is 0 Å². The molecule has 0 saturated carbocycles. The van der Waals surface area contributed by atoms with Gasteiger partial charge < -0.3 is 9.52 Å². The van der Waals surface area contributed by atoms with E-state index in [9.17, 15) is 9.59 Å². The van der Waals surface area contributed by atoms with Crippen molar-refractivity contribution in [1.82, 2.24) is 0 Å². The van der Waals surface area contributed by atoms with Gasteiger partial charge in [-0.1, -0.05) is 41.6 Å². The Morgan fingerprint density at radius 1 is 1.12 bits per heavy atom. The zero-order valence-corrected chi connectivity index (χ0v) is 14.8. The van der Waals surface area contributed by atoms with E-state index < -0.39 is 5.97 Å². The van der Waals surface area contributed by atoms with Gasteiger partial charge in [0.05, 0.1) is 15.5 Å². The van der Waals surface area contributed by atoms with Crippen molar-refractivity contribution in [2.45, 2.75) is 4.90 Å². The fourth-order valence-electron chi connectivity index (χ4n) is 2.69. The summed E-state index contributed by atoms with van der Waals surface area (Å²) in [6, 6.07) is 15.6. The lowest BCUT2D eigenvalue weighted by atomic mass is 10.1. The van der Waals surface area contributed by atoms with Crippen LogP contribution in [0.2, 0.25) is 5.02 Å². The van der Waals surface area contributed by atoms with Crippen LogP contribution in [0.3, 0.4) is 0 Å². The number of carbonyl (C=O) groups excluding carboxylic acids is 1. The molecule has 0 bridgehead atoms. The Balaban J connectivity index is 1.63. The summed E-state index contributed by atoms with van der Waals surface area (Å²) in [6.07, 6.45) is 1.71. The molecule has 0 aliphatic carbocycles. The Labute approximate surface area is 158 Å². The van der Waals surface area contributed by atoms with Crippen LogP contribution in [0.25, 0.3) is 17.4 Å². The fraction of sp³-hybridized carbons (Fsp3) is 0. The second kappa shape index (κ2) is 6.52. The van der Waals surface area contributed by atoms with Crippen molar-refractivity contribution in [1.29, 1.82) is 0 Å². The van der Waals surface area contributed by atoms with Gasteiger partial charge in [0.2, 0.25) is 5.78 Å². The molecule has 1 N–H and O–H groups in total. The first-order chi connectivity index (χ1) is 12.5. The van der Waals surface area contributed by atoms with E-state index in [1.807, 2.05) is 24.3 Å². The fourth-order valence-corrected chi connectivity index (χ4v) is 3.99. The van der Waals surface area contributed by atoms with Crippen LogP contribution in [0, 0.1) is 0 Å². The zero-order valence-electron chi connectivity index (χ0n) is 13.2. The molecule has 0 unspecified atom stereocenters. The molecule has 1 aliphatic rings. The maximum atomic E-state index is 12.4. The van der Waals surface area contributed by atoms with Crippen LogP contribution in [-0.2, 0) is 0 Å². The van der Waals surface area contributed by atoms with Gasteiger partial charge in [0.1, 0.15) is 11.5 Å². The standard InChI is InChI=1S/C20H11ClO4S/c21-15-9-11(5-7-13(15)20(23)24)16-8-6-12(25-16)10-18-19(22)14-3-1-2-4-17(14)26-18/h1-10H,(H,23,24)/b18-10-. The molecule has 4 nitrogen and oxygen atoms in total. The third-order valence-electron chi connectivity index (χ3n) is 3.96. The molecule has 3 aromatic rings. The lowest BCUT2D eigenvalue weighted by Gasteiger charge is -2.01. The Kier molecular flexibility index (Phi) is 4.18. The van der Waals surface area contributed by atoms with Crippen molar-refractivity contribution >= 4 is 41.2 Å². The monoisotopic (exact) mass is 382 g/mol. The lowest BCUT2D eigenvalue weighted by molar-refractivity contribution is 0.0697. The maximum Gasteiger partial charge on any atom is 0.337 e. The van der Waals surface area contributed by atoms with Crippen LogP contribution < -0.4 is 0 Å². The third kappa shape index (κ3) is 2.96. The Hall–Kier alpha value is -2.76. The number of allylic oxidation sites excluding steroid dienone is 1. The van der Waals surface area contributed by atoms with E-state index in [0.717, 1.165) is 4.90 Å². The minimum absolute atomic E-state index is 0.0163. The zero-order chi connectivity index (χ0) is 18.3. The molecule has 0 saturated heterocycles. The van der Waals surface area contributed by atoms with E-state index in [1.54, 1.807) is 30.3 Å². The number of halogens is 1. The summed E-state index contributed by atoms with van der Waals surface area (Å²) in [5.41, 5.74) is 1.40. The molecule has 1 aromatic heterocycles. The molecule has 2 aromatic carbocycles. The number of fused-ring (bicyclic) bond motifs is 1. The minimum atomic E-state index is -1.08. The quantitative estimate of drug-likeness (QED) is 0.595. The van der Waals surface area contributed by atoms with E-state index in [0.29, 0.717) is 27.6 Å². The summed E-state index contributed by atoms with van der Waals surface area (Å²) in [7, 11) is 0. The number of carboxylic acid groups (broad SMARTS) is 1. The number of hydrogen-bond donors (Lipinski definition) is 1. The van der Waals surface area contributed by atoms with E-state index in [1.165, 1.54) is 17.8 Å². The van der Waals surface area contributed by atoms with Gasteiger partial charge in [-0.3, -0.25) is 4.79 Å². The summed E-state index contributed by atoms with van der Waals surface area (Å²) in [5.74, 6) is -0.00843. The van der Waals surface area contributed by atoms with Gasteiger partial charge in [0.25, 0.3) is 0 Å². The van der Waals surface area contributed by atoms with Gasteiger partial charge in [0, 0.05) is 16.0 Å². The Bertz CT molecular complexity index is 1080. The Morgan fingerprint density at radius 3 is 2.65 bits per heavy atom. The van der Waals surface area contributed by atoms with Crippen molar-refractivity contribution in [2.75, 3.05) is 0 Å². The van der Waals surface area contributed by atoms with Crippen molar-refractivity contribution in [3.05, 3.63) is 81.4 Å². The number of furan rings is 1. The lowest BCUT2D eigenvalue weighted by Crippen LogP contribution is -1.96. The highest BCUT2D eigenvalue weighted by Gasteiger charge is 2.25. The molecule has 0 radical (unpaired) electrons. The molecule has 0 atom stereocenters. The molecule has 0 spiro atoms. The number of thioether (sulfide) groups is 1. The first-order valence-corrected chi connectivity index (χ1v) is 8.89. The number of Topliss-reactive ketones (excluding diaryl/α,β-unsaturated/α-hetero) is 1. The number of rotatable bonds is 3. The smallest absolute Gasteiger partial charge is 0.337 e. The molecule has 2 heterocycles. The van der Waals surface area contributed by atoms with Crippen molar-refractivity contribution in [2.24, 2.45) is 0 Å². The minimum Gasteiger partial charge on any atom is -0.478 e. The number of aromatic carboxylic acids is 1. The molecule has 128 valence electrons. The van der Waals surface area contributed by atoms with Gasteiger partial charge in [-0.2, -0.15) is 0 Å². The molecule has 0 fully saturated rings. The molecule has 1 aliphatic heterocycles. The predicted octanol–water partition coefficient (Wildman–Crippen LogP) is 5.63. The van der Waals surface area contributed by atoms with Crippen LogP contribution in [0.5, 0.6) is 0 Å². The van der Waals surface area contributed by atoms with Crippen LogP contribution >= 0.6 is 23.4 Å². The highest BCUT2D eigenvalue weighted by molar-refractivity contribution is 8.04. The van der Waals surface area contributed by atoms with Crippen LogP contribution in [0.4, 0.5) is 0 Å². The van der Waals surface area contributed by atoms with E-state index in [4.69, 9.17) is 21.1 Å². The topological polar surface area (TPSA) is 67.5 Å². The Morgan fingerprint density at radius 2 is 1.92 bits per heavy atom. The van der Waals surface area contributed by atoms with Gasteiger partial charge in [-0.05, 0) is 42.5 Å². The van der Waals surface area contributed by atoms with E-state index in [2.05, 4.69) is 0 Å². The third-order valence-corrected chi connectivity index (χ3v) is 5.37.